The van der Waals surface area contributed by atoms with E-state index in [2.05, 4.69) is 17.1 Å². The number of alkyl halides is 2. The van der Waals surface area contributed by atoms with Gasteiger partial charge in [0.05, 0.1) is 5.60 Å². The van der Waals surface area contributed by atoms with E-state index in [1.165, 1.54) is 6.42 Å². The average Bonchev–Trinajstić information content (AvgIpc) is 2.66. The third-order valence-corrected chi connectivity index (χ3v) is 6.62. The first-order chi connectivity index (χ1) is 13.4. The number of nitrogens with zero attached hydrogens (tertiary/aromatic N) is 1. The van der Waals surface area contributed by atoms with Crippen molar-refractivity contribution >= 4 is 0 Å². The van der Waals surface area contributed by atoms with Gasteiger partial charge in [0.2, 0.25) is 0 Å². The largest absolute Gasteiger partial charge is 0.433 e. The second-order valence-electron chi connectivity index (χ2n) is 8.70. The molecule has 1 aromatic carbocycles. The van der Waals surface area contributed by atoms with Crippen LogP contribution in [0, 0.1) is 0 Å². The fraction of sp³-hybridized carbons (Fsp3) is 0.727. The van der Waals surface area contributed by atoms with Gasteiger partial charge in [0.15, 0.2) is 0 Å². The van der Waals surface area contributed by atoms with Gasteiger partial charge in [0.25, 0.3) is 0 Å². The van der Waals surface area contributed by atoms with Crippen LogP contribution in [-0.2, 0) is 4.74 Å². The quantitative estimate of drug-likeness (QED) is 0.815. The fourth-order valence-corrected chi connectivity index (χ4v) is 5.22. The highest BCUT2D eigenvalue weighted by molar-refractivity contribution is 5.34. The van der Waals surface area contributed by atoms with Crippen molar-refractivity contribution in [2.24, 2.45) is 0 Å². The van der Waals surface area contributed by atoms with Crippen LogP contribution in [0.4, 0.5) is 8.78 Å². The lowest BCUT2D eigenvalue weighted by molar-refractivity contribution is -0.226. The molecular formula is C22H32F2N2O2. The van der Waals surface area contributed by atoms with Crippen molar-refractivity contribution in [1.82, 2.24) is 10.2 Å². The summed E-state index contributed by atoms with van der Waals surface area (Å²) in [6.45, 7) is 5.72. The third-order valence-electron chi connectivity index (χ3n) is 6.62. The molecule has 2 saturated heterocycles. The van der Waals surface area contributed by atoms with Crippen LogP contribution in [0.1, 0.15) is 63.9 Å². The van der Waals surface area contributed by atoms with Gasteiger partial charge in [0, 0.05) is 38.5 Å². The van der Waals surface area contributed by atoms with E-state index in [4.69, 9.17) is 9.47 Å². The first kappa shape index (κ1) is 20.0. The molecule has 1 N–H and O–H groups in total. The predicted molar refractivity (Wildman–Crippen MR) is 105 cm³/mol. The standard InChI is InChI=1S/C22H32F2N2O2/c1-3-17-14-26-15-19(16-8-7-9-18(12-16)27-21(2,23)24)22(10-5-4-6-11-22)28-20(26)13-25-17/h7-9,12,17,19-20,25H,3-6,10-11,13-15H2,1-2H3/t17?,19-,20?/m1/s1. The lowest BCUT2D eigenvalue weighted by Crippen LogP contribution is -2.65. The van der Waals surface area contributed by atoms with E-state index in [0.29, 0.717) is 6.04 Å². The molecule has 0 bridgehead atoms. The van der Waals surface area contributed by atoms with Crippen LogP contribution in [-0.4, -0.2) is 48.5 Å². The molecule has 1 aliphatic carbocycles. The first-order valence-corrected chi connectivity index (χ1v) is 10.7. The molecule has 1 aromatic rings. The van der Waals surface area contributed by atoms with Gasteiger partial charge in [0.1, 0.15) is 12.0 Å². The van der Waals surface area contributed by atoms with Crippen LogP contribution in [0.3, 0.4) is 0 Å². The molecule has 3 aliphatic rings. The molecule has 28 heavy (non-hydrogen) atoms. The van der Waals surface area contributed by atoms with Crippen LogP contribution in [0.2, 0.25) is 0 Å². The summed E-state index contributed by atoms with van der Waals surface area (Å²) < 4.78 is 38.4. The van der Waals surface area contributed by atoms with Crippen LogP contribution < -0.4 is 10.1 Å². The lowest BCUT2D eigenvalue weighted by Gasteiger charge is -2.55. The molecule has 1 saturated carbocycles. The number of fused-ring (bicyclic) bond motifs is 1. The normalized spacial score (nSPS) is 30.8. The van der Waals surface area contributed by atoms with E-state index in [-0.39, 0.29) is 23.5 Å². The Bertz CT molecular complexity index is 673. The highest BCUT2D eigenvalue weighted by atomic mass is 19.3. The summed E-state index contributed by atoms with van der Waals surface area (Å²) in [7, 11) is 0. The van der Waals surface area contributed by atoms with Crippen molar-refractivity contribution in [3.05, 3.63) is 29.8 Å². The molecule has 3 atom stereocenters. The zero-order chi connectivity index (χ0) is 19.8. The minimum Gasteiger partial charge on any atom is -0.433 e. The SMILES string of the molecule is CCC1CN2C[C@H](c3cccc(OC(C)(F)F)c3)C3(CCCCC3)OC2CN1. The molecule has 2 heterocycles. The van der Waals surface area contributed by atoms with Crippen LogP contribution in [0.5, 0.6) is 5.75 Å². The summed E-state index contributed by atoms with van der Waals surface area (Å²) in [6.07, 6.45) is 3.66. The Kier molecular flexibility index (Phi) is 5.64. The maximum atomic E-state index is 13.4. The van der Waals surface area contributed by atoms with Gasteiger partial charge in [-0.1, -0.05) is 38.3 Å². The van der Waals surface area contributed by atoms with Gasteiger partial charge in [-0.05, 0) is 37.0 Å². The van der Waals surface area contributed by atoms with Crippen molar-refractivity contribution in [1.29, 1.82) is 0 Å². The van der Waals surface area contributed by atoms with Gasteiger partial charge in [-0.25, -0.2) is 0 Å². The predicted octanol–water partition coefficient (Wildman–Crippen LogP) is 4.50. The minimum atomic E-state index is -3.18. The van der Waals surface area contributed by atoms with Crippen LogP contribution >= 0.6 is 0 Å². The monoisotopic (exact) mass is 394 g/mol. The molecule has 6 heteroatoms. The number of ether oxygens (including phenoxy) is 2. The first-order valence-electron chi connectivity index (χ1n) is 10.7. The Morgan fingerprint density at radius 1 is 1.25 bits per heavy atom. The van der Waals surface area contributed by atoms with E-state index >= 15 is 0 Å². The van der Waals surface area contributed by atoms with Gasteiger partial charge in [-0.2, -0.15) is 8.78 Å². The van der Waals surface area contributed by atoms with Gasteiger partial charge in [-0.15, -0.1) is 0 Å². The summed E-state index contributed by atoms with van der Waals surface area (Å²) >= 11 is 0. The van der Waals surface area contributed by atoms with Gasteiger partial charge in [-0.3, -0.25) is 4.90 Å². The van der Waals surface area contributed by atoms with E-state index in [0.717, 1.165) is 64.2 Å². The zero-order valence-electron chi connectivity index (χ0n) is 16.9. The second-order valence-corrected chi connectivity index (χ2v) is 8.70. The molecule has 0 radical (unpaired) electrons. The number of hydrogen-bond donors (Lipinski definition) is 1. The fourth-order valence-electron chi connectivity index (χ4n) is 5.22. The van der Waals surface area contributed by atoms with Crippen molar-refractivity contribution in [2.45, 2.75) is 82.3 Å². The molecule has 4 nitrogen and oxygen atoms in total. The summed E-state index contributed by atoms with van der Waals surface area (Å²) in [6, 6.07) is 7.76. The van der Waals surface area contributed by atoms with E-state index in [1.54, 1.807) is 12.1 Å². The Labute approximate surface area is 166 Å². The molecule has 3 fully saturated rings. The summed E-state index contributed by atoms with van der Waals surface area (Å²) in [4.78, 5) is 2.44. The topological polar surface area (TPSA) is 33.7 Å². The zero-order valence-corrected chi connectivity index (χ0v) is 16.9. The highest BCUT2D eigenvalue weighted by Gasteiger charge is 2.50. The second kappa shape index (κ2) is 7.88. The molecule has 2 aliphatic heterocycles. The Morgan fingerprint density at radius 3 is 2.75 bits per heavy atom. The van der Waals surface area contributed by atoms with Crippen LogP contribution in [0.25, 0.3) is 0 Å². The van der Waals surface area contributed by atoms with Crippen LogP contribution in [0.15, 0.2) is 24.3 Å². The summed E-state index contributed by atoms with van der Waals surface area (Å²) in [5.41, 5.74) is 0.849. The maximum absolute atomic E-state index is 13.4. The Hall–Kier alpha value is -1.24. The number of hydrogen-bond acceptors (Lipinski definition) is 4. The molecule has 0 aromatic heterocycles. The summed E-state index contributed by atoms with van der Waals surface area (Å²) in [5, 5.41) is 3.61. The number of piperazine rings is 1. The van der Waals surface area contributed by atoms with Gasteiger partial charge >= 0.3 is 6.11 Å². The Morgan fingerprint density at radius 2 is 2.04 bits per heavy atom. The van der Waals surface area contributed by atoms with E-state index in [1.807, 2.05) is 12.1 Å². The smallest absolute Gasteiger partial charge is 0.394 e. The minimum absolute atomic E-state index is 0.108. The maximum Gasteiger partial charge on any atom is 0.394 e. The average molecular weight is 395 g/mol. The molecule has 1 spiro atoms. The number of nitrogens with one attached hydrogen (secondary N) is 1. The van der Waals surface area contributed by atoms with Crippen molar-refractivity contribution in [3.63, 3.8) is 0 Å². The van der Waals surface area contributed by atoms with Crippen molar-refractivity contribution < 1.29 is 18.3 Å². The molecule has 4 rings (SSSR count). The lowest BCUT2D eigenvalue weighted by atomic mass is 9.71. The van der Waals surface area contributed by atoms with Gasteiger partial charge < -0.3 is 14.8 Å². The molecular weight excluding hydrogens is 362 g/mol. The Balaban J connectivity index is 1.63. The molecule has 2 unspecified atom stereocenters. The van der Waals surface area contributed by atoms with E-state index < -0.39 is 6.11 Å². The third kappa shape index (κ3) is 4.19. The number of halogens is 2. The summed E-state index contributed by atoms with van der Waals surface area (Å²) in [5.74, 6) is 0.401. The van der Waals surface area contributed by atoms with Crippen molar-refractivity contribution in [3.8, 4) is 5.75 Å². The van der Waals surface area contributed by atoms with E-state index in [9.17, 15) is 8.78 Å². The number of benzene rings is 1. The highest BCUT2D eigenvalue weighted by Crippen LogP contribution is 2.48. The number of rotatable bonds is 4. The molecule has 156 valence electrons. The molecule has 0 amide bonds. The van der Waals surface area contributed by atoms with Crippen molar-refractivity contribution in [2.75, 3.05) is 19.6 Å².